The highest BCUT2D eigenvalue weighted by Gasteiger charge is 2.43. The average Bonchev–Trinajstić information content (AvgIpc) is 3.12. The van der Waals surface area contributed by atoms with Crippen LogP contribution in [0, 0.1) is 5.92 Å². The van der Waals surface area contributed by atoms with Crippen molar-refractivity contribution in [2.75, 3.05) is 26.3 Å². The van der Waals surface area contributed by atoms with Crippen LogP contribution in [0.2, 0.25) is 0 Å². The Morgan fingerprint density at radius 3 is 2.40 bits per heavy atom. The van der Waals surface area contributed by atoms with E-state index in [0.29, 0.717) is 12.0 Å². The number of hydrogen-bond acceptors (Lipinski definition) is 4. The van der Waals surface area contributed by atoms with Gasteiger partial charge in [0.15, 0.2) is 5.79 Å². The zero-order valence-electron chi connectivity index (χ0n) is 12.9. The zero-order valence-corrected chi connectivity index (χ0v) is 12.9. The Kier molecular flexibility index (Phi) is 4.65. The third-order valence-electron chi connectivity index (χ3n) is 5.71. The van der Waals surface area contributed by atoms with E-state index in [4.69, 9.17) is 15.2 Å². The summed E-state index contributed by atoms with van der Waals surface area (Å²) in [4.78, 5) is 2.74. The molecule has 1 aliphatic heterocycles. The van der Waals surface area contributed by atoms with Crippen LogP contribution in [0.5, 0.6) is 0 Å². The van der Waals surface area contributed by atoms with Gasteiger partial charge in [0.05, 0.1) is 13.2 Å². The second-order valence-electron chi connectivity index (χ2n) is 6.66. The summed E-state index contributed by atoms with van der Waals surface area (Å²) in [5.41, 5.74) is 5.97. The van der Waals surface area contributed by atoms with Crippen LogP contribution in [0.15, 0.2) is 0 Å². The van der Waals surface area contributed by atoms with Gasteiger partial charge < -0.3 is 15.2 Å². The van der Waals surface area contributed by atoms with Gasteiger partial charge in [0.1, 0.15) is 0 Å². The van der Waals surface area contributed by atoms with Crippen molar-refractivity contribution in [3.05, 3.63) is 0 Å². The van der Waals surface area contributed by atoms with Crippen LogP contribution in [0.4, 0.5) is 0 Å². The van der Waals surface area contributed by atoms with Gasteiger partial charge in [0, 0.05) is 24.9 Å². The van der Waals surface area contributed by atoms with E-state index in [1.807, 2.05) is 0 Å². The van der Waals surface area contributed by atoms with Gasteiger partial charge in [-0.25, -0.2) is 0 Å². The van der Waals surface area contributed by atoms with Crippen molar-refractivity contribution >= 4 is 0 Å². The fourth-order valence-electron chi connectivity index (χ4n) is 4.65. The first-order valence-corrected chi connectivity index (χ1v) is 8.52. The first kappa shape index (κ1) is 14.8. The van der Waals surface area contributed by atoms with Crippen molar-refractivity contribution in [3.63, 3.8) is 0 Å². The lowest BCUT2D eigenvalue weighted by Crippen LogP contribution is -2.50. The van der Waals surface area contributed by atoms with Crippen molar-refractivity contribution in [2.24, 2.45) is 11.7 Å². The first-order valence-electron chi connectivity index (χ1n) is 8.52. The second kappa shape index (κ2) is 6.30. The molecule has 0 aromatic rings. The smallest absolute Gasteiger partial charge is 0.168 e. The van der Waals surface area contributed by atoms with Gasteiger partial charge in [0.25, 0.3) is 0 Å². The molecule has 0 radical (unpaired) electrons. The molecule has 3 aliphatic rings. The van der Waals surface area contributed by atoms with Crippen molar-refractivity contribution in [2.45, 2.75) is 69.7 Å². The minimum Gasteiger partial charge on any atom is -0.348 e. The van der Waals surface area contributed by atoms with Crippen LogP contribution in [0.25, 0.3) is 0 Å². The van der Waals surface area contributed by atoms with Crippen molar-refractivity contribution < 1.29 is 9.47 Å². The average molecular weight is 282 g/mol. The molecule has 116 valence electrons. The molecule has 2 atom stereocenters. The van der Waals surface area contributed by atoms with Crippen molar-refractivity contribution in [3.8, 4) is 0 Å². The molecule has 1 spiro atoms. The van der Waals surface area contributed by atoms with Crippen LogP contribution in [-0.4, -0.2) is 49.1 Å². The monoisotopic (exact) mass is 282 g/mol. The third kappa shape index (κ3) is 2.76. The molecule has 0 aromatic heterocycles. The van der Waals surface area contributed by atoms with Gasteiger partial charge in [0.2, 0.25) is 0 Å². The Labute approximate surface area is 123 Å². The van der Waals surface area contributed by atoms with Gasteiger partial charge in [-0.05, 0) is 44.7 Å². The SMILES string of the molecule is CCN(C1CCC2(CC1)OCCO2)C1CCCC1CN. The van der Waals surface area contributed by atoms with Gasteiger partial charge in [-0.15, -0.1) is 0 Å². The summed E-state index contributed by atoms with van der Waals surface area (Å²) in [7, 11) is 0. The summed E-state index contributed by atoms with van der Waals surface area (Å²) in [6.45, 7) is 5.86. The highest BCUT2D eigenvalue weighted by Crippen LogP contribution is 2.40. The Bertz CT molecular complexity index is 308. The highest BCUT2D eigenvalue weighted by molar-refractivity contribution is 4.92. The molecular weight excluding hydrogens is 252 g/mol. The summed E-state index contributed by atoms with van der Waals surface area (Å²) in [5.74, 6) is 0.489. The second-order valence-corrected chi connectivity index (χ2v) is 6.66. The number of nitrogens with zero attached hydrogens (tertiary/aromatic N) is 1. The Morgan fingerprint density at radius 2 is 1.80 bits per heavy atom. The van der Waals surface area contributed by atoms with Crippen LogP contribution >= 0.6 is 0 Å². The molecule has 2 N–H and O–H groups in total. The maximum Gasteiger partial charge on any atom is 0.168 e. The Balaban J connectivity index is 1.60. The molecule has 0 amide bonds. The van der Waals surface area contributed by atoms with E-state index in [-0.39, 0.29) is 5.79 Å². The summed E-state index contributed by atoms with van der Waals surface area (Å²) >= 11 is 0. The lowest BCUT2D eigenvalue weighted by Gasteiger charge is -2.43. The minimum absolute atomic E-state index is 0.223. The standard InChI is InChI=1S/C16H30N2O2/c1-2-18(15-5-3-4-13(15)12-17)14-6-8-16(9-7-14)19-10-11-20-16/h13-15H,2-12,17H2,1H3. The summed E-state index contributed by atoms with van der Waals surface area (Å²) in [5, 5.41) is 0. The number of ether oxygens (including phenoxy) is 2. The first-order chi connectivity index (χ1) is 9.78. The lowest BCUT2D eigenvalue weighted by atomic mass is 9.87. The molecule has 0 bridgehead atoms. The summed E-state index contributed by atoms with van der Waals surface area (Å²) in [6.07, 6.45) is 8.56. The Morgan fingerprint density at radius 1 is 1.10 bits per heavy atom. The van der Waals surface area contributed by atoms with Crippen LogP contribution < -0.4 is 5.73 Å². The van der Waals surface area contributed by atoms with E-state index in [0.717, 1.165) is 45.2 Å². The molecule has 2 unspecified atom stereocenters. The fourth-order valence-corrected chi connectivity index (χ4v) is 4.65. The largest absolute Gasteiger partial charge is 0.348 e. The summed E-state index contributed by atoms with van der Waals surface area (Å²) in [6, 6.07) is 1.42. The van der Waals surface area contributed by atoms with Crippen molar-refractivity contribution in [1.82, 2.24) is 4.90 Å². The van der Waals surface area contributed by atoms with Crippen molar-refractivity contribution in [1.29, 1.82) is 0 Å². The molecule has 2 saturated carbocycles. The van der Waals surface area contributed by atoms with Gasteiger partial charge in [-0.2, -0.15) is 0 Å². The maximum absolute atomic E-state index is 5.97. The van der Waals surface area contributed by atoms with E-state index >= 15 is 0 Å². The molecular formula is C16H30N2O2. The van der Waals surface area contributed by atoms with E-state index in [9.17, 15) is 0 Å². The zero-order chi connectivity index (χ0) is 14.0. The molecule has 3 rings (SSSR count). The molecule has 4 nitrogen and oxygen atoms in total. The predicted molar refractivity (Wildman–Crippen MR) is 79.5 cm³/mol. The van der Waals surface area contributed by atoms with E-state index in [1.54, 1.807) is 0 Å². The van der Waals surface area contributed by atoms with E-state index in [2.05, 4.69) is 11.8 Å². The highest BCUT2D eigenvalue weighted by atomic mass is 16.7. The number of rotatable bonds is 4. The fraction of sp³-hybridized carbons (Fsp3) is 1.00. The van der Waals surface area contributed by atoms with Crippen LogP contribution in [0.3, 0.4) is 0 Å². The maximum atomic E-state index is 5.97. The molecule has 2 aliphatic carbocycles. The molecule has 20 heavy (non-hydrogen) atoms. The van der Waals surface area contributed by atoms with Crippen LogP contribution in [0.1, 0.15) is 51.9 Å². The Hall–Kier alpha value is -0.160. The quantitative estimate of drug-likeness (QED) is 0.858. The van der Waals surface area contributed by atoms with E-state index < -0.39 is 0 Å². The van der Waals surface area contributed by atoms with Gasteiger partial charge in [-0.3, -0.25) is 4.90 Å². The summed E-state index contributed by atoms with van der Waals surface area (Å²) < 4.78 is 11.7. The van der Waals surface area contributed by atoms with Gasteiger partial charge >= 0.3 is 0 Å². The number of nitrogens with two attached hydrogens (primary N) is 1. The predicted octanol–water partition coefficient (Wildman–Crippen LogP) is 2.12. The molecule has 1 heterocycles. The molecule has 4 heteroatoms. The molecule has 1 saturated heterocycles. The van der Waals surface area contributed by atoms with Crippen LogP contribution in [-0.2, 0) is 9.47 Å². The number of hydrogen-bond donors (Lipinski definition) is 1. The van der Waals surface area contributed by atoms with E-state index in [1.165, 1.54) is 32.1 Å². The normalized spacial score (nSPS) is 34.4. The molecule has 3 fully saturated rings. The molecule has 0 aromatic carbocycles. The van der Waals surface area contributed by atoms with Gasteiger partial charge in [-0.1, -0.05) is 13.3 Å². The topological polar surface area (TPSA) is 47.7 Å². The lowest BCUT2D eigenvalue weighted by molar-refractivity contribution is -0.185. The third-order valence-corrected chi connectivity index (χ3v) is 5.71. The minimum atomic E-state index is -0.223.